The fourth-order valence-corrected chi connectivity index (χ4v) is 1.99. The summed E-state index contributed by atoms with van der Waals surface area (Å²) < 4.78 is 5.60. The average Bonchev–Trinajstić information content (AvgIpc) is 2.85. The molecule has 0 bridgehead atoms. The Hall–Kier alpha value is -2.10. The SMILES string of the molecule is CCCCC(=O)NCc1nc(-c2ccccc2)c(C)o1. The highest BCUT2D eigenvalue weighted by Crippen LogP contribution is 2.22. The number of benzene rings is 1. The van der Waals surface area contributed by atoms with E-state index in [0.29, 0.717) is 18.9 Å². The summed E-state index contributed by atoms with van der Waals surface area (Å²) in [6.07, 6.45) is 2.48. The molecular weight excluding hydrogens is 252 g/mol. The minimum atomic E-state index is 0.0453. The van der Waals surface area contributed by atoms with E-state index in [-0.39, 0.29) is 5.91 Å². The van der Waals surface area contributed by atoms with Gasteiger partial charge in [0.25, 0.3) is 0 Å². The molecule has 0 radical (unpaired) electrons. The Bertz CT molecular complexity index is 561. The van der Waals surface area contributed by atoms with Crippen molar-refractivity contribution >= 4 is 5.91 Å². The fourth-order valence-electron chi connectivity index (χ4n) is 1.99. The molecule has 0 fully saturated rings. The number of aryl methyl sites for hydroxylation is 1. The molecular formula is C16H20N2O2. The van der Waals surface area contributed by atoms with Crippen LogP contribution in [0.25, 0.3) is 11.3 Å². The Labute approximate surface area is 119 Å². The van der Waals surface area contributed by atoms with E-state index in [1.54, 1.807) is 0 Å². The minimum Gasteiger partial charge on any atom is -0.443 e. The number of carbonyl (C=O) groups excluding carboxylic acids is 1. The molecule has 0 unspecified atom stereocenters. The summed E-state index contributed by atoms with van der Waals surface area (Å²) in [4.78, 5) is 16.0. The number of aromatic nitrogens is 1. The summed E-state index contributed by atoms with van der Waals surface area (Å²) in [7, 11) is 0. The van der Waals surface area contributed by atoms with Gasteiger partial charge >= 0.3 is 0 Å². The number of carbonyl (C=O) groups is 1. The highest BCUT2D eigenvalue weighted by atomic mass is 16.4. The average molecular weight is 272 g/mol. The molecule has 0 aliphatic rings. The van der Waals surface area contributed by atoms with Gasteiger partial charge in [0.05, 0.1) is 6.54 Å². The molecule has 20 heavy (non-hydrogen) atoms. The number of nitrogens with zero attached hydrogens (tertiary/aromatic N) is 1. The van der Waals surface area contributed by atoms with Crippen molar-refractivity contribution in [2.45, 2.75) is 39.7 Å². The Morgan fingerprint density at radius 2 is 2.05 bits per heavy atom. The molecule has 4 nitrogen and oxygen atoms in total. The standard InChI is InChI=1S/C16H20N2O2/c1-3-4-10-14(19)17-11-15-18-16(12(2)20-15)13-8-6-5-7-9-13/h5-9H,3-4,10-11H2,1-2H3,(H,17,19). The normalized spacial score (nSPS) is 10.5. The molecule has 0 saturated carbocycles. The first kappa shape index (κ1) is 14.3. The molecule has 0 saturated heterocycles. The monoisotopic (exact) mass is 272 g/mol. The molecule has 0 atom stereocenters. The van der Waals surface area contributed by atoms with E-state index < -0.39 is 0 Å². The molecule has 1 N–H and O–H groups in total. The molecule has 106 valence electrons. The van der Waals surface area contributed by atoms with Crippen LogP contribution < -0.4 is 5.32 Å². The summed E-state index contributed by atoms with van der Waals surface area (Å²) in [6, 6.07) is 9.89. The van der Waals surface area contributed by atoms with Crippen LogP contribution >= 0.6 is 0 Å². The highest BCUT2D eigenvalue weighted by Gasteiger charge is 2.11. The van der Waals surface area contributed by atoms with Crippen LogP contribution in [0.3, 0.4) is 0 Å². The second-order valence-corrected chi connectivity index (χ2v) is 4.76. The van der Waals surface area contributed by atoms with Crippen LogP contribution in [0, 0.1) is 6.92 Å². The van der Waals surface area contributed by atoms with Gasteiger partial charge in [-0.05, 0) is 13.3 Å². The lowest BCUT2D eigenvalue weighted by molar-refractivity contribution is -0.121. The van der Waals surface area contributed by atoms with E-state index >= 15 is 0 Å². The maximum atomic E-state index is 11.6. The summed E-state index contributed by atoms with van der Waals surface area (Å²) >= 11 is 0. The third-order valence-corrected chi connectivity index (χ3v) is 3.08. The molecule has 1 amide bonds. The summed E-state index contributed by atoms with van der Waals surface area (Å²) in [6.45, 7) is 4.30. The molecule has 0 aliphatic heterocycles. The van der Waals surface area contributed by atoms with Gasteiger partial charge < -0.3 is 9.73 Å². The van der Waals surface area contributed by atoms with Crippen molar-refractivity contribution in [2.24, 2.45) is 0 Å². The van der Waals surface area contributed by atoms with Crippen molar-refractivity contribution in [1.29, 1.82) is 0 Å². The summed E-state index contributed by atoms with van der Waals surface area (Å²) in [5, 5.41) is 2.83. The molecule has 1 aromatic carbocycles. The lowest BCUT2D eigenvalue weighted by Gasteiger charge is -2.00. The number of rotatable bonds is 6. The van der Waals surface area contributed by atoms with E-state index in [9.17, 15) is 4.79 Å². The number of unbranched alkanes of at least 4 members (excludes halogenated alkanes) is 1. The predicted octanol–water partition coefficient (Wildman–Crippen LogP) is 3.46. The molecule has 2 aromatic rings. The van der Waals surface area contributed by atoms with E-state index in [1.807, 2.05) is 37.3 Å². The second-order valence-electron chi connectivity index (χ2n) is 4.76. The first-order valence-corrected chi connectivity index (χ1v) is 6.99. The van der Waals surface area contributed by atoms with Gasteiger partial charge in [-0.15, -0.1) is 0 Å². The molecule has 0 aliphatic carbocycles. The van der Waals surface area contributed by atoms with Crippen molar-refractivity contribution in [2.75, 3.05) is 0 Å². The van der Waals surface area contributed by atoms with Gasteiger partial charge in [0.1, 0.15) is 11.5 Å². The molecule has 2 rings (SSSR count). The first-order chi connectivity index (χ1) is 9.70. The predicted molar refractivity (Wildman–Crippen MR) is 78.0 cm³/mol. The van der Waals surface area contributed by atoms with Crippen LogP contribution in [0.2, 0.25) is 0 Å². The van der Waals surface area contributed by atoms with E-state index in [0.717, 1.165) is 29.9 Å². The van der Waals surface area contributed by atoms with Crippen LogP contribution in [-0.4, -0.2) is 10.9 Å². The fraction of sp³-hybridized carbons (Fsp3) is 0.375. The largest absolute Gasteiger partial charge is 0.443 e. The topological polar surface area (TPSA) is 55.1 Å². The maximum Gasteiger partial charge on any atom is 0.220 e. The zero-order chi connectivity index (χ0) is 14.4. The van der Waals surface area contributed by atoms with Crippen LogP contribution in [0.1, 0.15) is 37.8 Å². The number of hydrogen-bond donors (Lipinski definition) is 1. The third-order valence-electron chi connectivity index (χ3n) is 3.08. The quantitative estimate of drug-likeness (QED) is 0.876. The van der Waals surface area contributed by atoms with Gasteiger partial charge in [0.2, 0.25) is 11.8 Å². The molecule has 0 spiro atoms. The maximum absolute atomic E-state index is 11.6. The third kappa shape index (κ3) is 3.70. The zero-order valence-electron chi connectivity index (χ0n) is 12.0. The van der Waals surface area contributed by atoms with Crippen LogP contribution in [0.5, 0.6) is 0 Å². The Morgan fingerprint density at radius 1 is 1.30 bits per heavy atom. The van der Waals surface area contributed by atoms with Crippen LogP contribution in [0.15, 0.2) is 34.7 Å². The van der Waals surface area contributed by atoms with Crippen molar-refractivity contribution in [3.8, 4) is 11.3 Å². The highest BCUT2D eigenvalue weighted by molar-refractivity contribution is 5.75. The number of nitrogens with one attached hydrogen (secondary N) is 1. The summed E-state index contributed by atoms with van der Waals surface area (Å²) in [5.74, 6) is 1.36. The van der Waals surface area contributed by atoms with Crippen molar-refractivity contribution in [3.63, 3.8) is 0 Å². The Balaban J connectivity index is 1.99. The van der Waals surface area contributed by atoms with Crippen molar-refractivity contribution in [1.82, 2.24) is 10.3 Å². The van der Waals surface area contributed by atoms with E-state index in [2.05, 4.69) is 17.2 Å². The lowest BCUT2D eigenvalue weighted by atomic mass is 10.1. The number of amides is 1. The smallest absolute Gasteiger partial charge is 0.220 e. The van der Waals surface area contributed by atoms with E-state index in [4.69, 9.17) is 4.42 Å². The van der Waals surface area contributed by atoms with Gasteiger partial charge in [-0.1, -0.05) is 43.7 Å². The first-order valence-electron chi connectivity index (χ1n) is 6.99. The van der Waals surface area contributed by atoms with Gasteiger partial charge in [-0.3, -0.25) is 4.79 Å². The zero-order valence-corrected chi connectivity index (χ0v) is 12.0. The summed E-state index contributed by atoms with van der Waals surface area (Å²) in [5.41, 5.74) is 1.86. The molecule has 1 heterocycles. The minimum absolute atomic E-state index is 0.0453. The van der Waals surface area contributed by atoms with Gasteiger partial charge in [-0.2, -0.15) is 0 Å². The lowest BCUT2D eigenvalue weighted by Crippen LogP contribution is -2.22. The molecule has 4 heteroatoms. The van der Waals surface area contributed by atoms with Gasteiger partial charge in [-0.25, -0.2) is 4.98 Å². The van der Waals surface area contributed by atoms with E-state index in [1.165, 1.54) is 0 Å². The van der Waals surface area contributed by atoms with Crippen molar-refractivity contribution < 1.29 is 9.21 Å². The number of oxazole rings is 1. The molecule has 1 aromatic heterocycles. The number of hydrogen-bond acceptors (Lipinski definition) is 3. The van der Waals surface area contributed by atoms with Crippen molar-refractivity contribution in [3.05, 3.63) is 42.0 Å². The van der Waals surface area contributed by atoms with Crippen LogP contribution in [0.4, 0.5) is 0 Å². The second kappa shape index (κ2) is 6.89. The van der Waals surface area contributed by atoms with Gasteiger partial charge in [0, 0.05) is 12.0 Å². The Kier molecular flexibility index (Phi) is 4.93. The van der Waals surface area contributed by atoms with Gasteiger partial charge in [0.15, 0.2) is 0 Å². The Morgan fingerprint density at radius 3 is 2.75 bits per heavy atom. The van der Waals surface area contributed by atoms with Crippen LogP contribution in [-0.2, 0) is 11.3 Å².